The maximum absolute atomic E-state index is 13.7. The third-order valence-corrected chi connectivity index (χ3v) is 8.92. The average molecular weight is 621 g/mol. The molecular weight excluding hydrogens is 580 g/mol. The van der Waals surface area contributed by atoms with Gasteiger partial charge in [0.25, 0.3) is 0 Å². The third kappa shape index (κ3) is 7.05. The fraction of sp³-hybridized carbons (Fsp3) is 0.190. The SMILES string of the molecule is COc1cc(OC)cc(C(=O)CC(CCc2cn(C(c3ccccc3)(c3ccccc3)c3ccccc3)cn2)Cc2ccccc2)c1. The number of aromatic nitrogens is 2. The Morgan fingerprint density at radius 2 is 1.19 bits per heavy atom. The second kappa shape index (κ2) is 14.8. The molecule has 0 N–H and O–H groups in total. The summed E-state index contributed by atoms with van der Waals surface area (Å²) < 4.78 is 13.1. The Balaban J connectivity index is 1.32. The molecule has 0 amide bonds. The molecule has 1 heterocycles. The lowest BCUT2D eigenvalue weighted by atomic mass is 9.77. The number of Topliss-reactive ketones (excluding diaryl/α,β-unsaturated/α-hetero) is 1. The zero-order chi connectivity index (χ0) is 32.5. The van der Waals surface area contributed by atoms with Gasteiger partial charge in [-0.15, -0.1) is 0 Å². The average Bonchev–Trinajstić information content (AvgIpc) is 3.61. The fourth-order valence-electron chi connectivity index (χ4n) is 6.59. The van der Waals surface area contributed by atoms with Gasteiger partial charge in [-0.3, -0.25) is 4.79 Å². The van der Waals surface area contributed by atoms with Gasteiger partial charge < -0.3 is 14.0 Å². The molecule has 5 aromatic carbocycles. The smallest absolute Gasteiger partial charge is 0.163 e. The van der Waals surface area contributed by atoms with Crippen LogP contribution in [-0.4, -0.2) is 29.6 Å². The number of rotatable bonds is 14. The van der Waals surface area contributed by atoms with E-state index in [0.717, 1.165) is 41.6 Å². The van der Waals surface area contributed by atoms with Crippen molar-refractivity contribution in [2.75, 3.05) is 14.2 Å². The van der Waals surface area contributed by atoms with E-state index in [1.807, 2.05) is 12.4 Å². The molecule has 0 saturated carbocycles. The van der Waals surface area contributed by atoms with Gasteiger partial charge in [0.1, 0.15) is 17.0 Å². The molecule has 0 fully saturated rings. The number of hydrogen-bond donors (Lipinski definition) is 0. The normalized spacial score (nSPS) is 12.0. The summed E-state index contributed by atoms with van der Waals surface area (Å²) in [4.78, 5) is 18.6. The van der Waals surface area contributed by atoms with Crippen LogP contribution in [0.1, 0.15) is 51.1 Å². The second-order valence-corrected chi connectivity index (χ2v) is 11.9. The van der Waals surface area contributed by atoms with E-state index in [2.05, 4.69) is 126 Å². The molecule has 0 bridgehead atoms. The number of aryl methyl sites for hydroxylation is 1. The molecule has 6 rings (SSSR count). The predicted molar refractivity (Wildman–Crippen MR) is 187 cm³/mol. The zero-order valence-electron chi connectivity index (χ0n) is 27.0. The first-order valence-electron chi connectivity index (χ1n) is 16.1. The van der Waals surface area contributed by atoms with Crippen LogP contribution in [0.3, 0.4) is 0 Å². The molecule has 5 heteroatoms. The molecule has 0 aliphatic heterocycles. The van der Waals surface area contributed by atoms with Gasteiger partial charge in [-0.1, -0.05) is 121 Å². The number of carbonyl (C=O) groups excluding carboxylic acids is 1. The number of ether oxygens (including phenoxy) is 2. The first kappa shape index (κ1) is 31.6. The number of hydrogen-bond acceptors (Lipinski definition) is 4. The minimum Gasteiger partial charge on any atom is -0.497 e. The van der Waals surface area contributed by atoms with Crippen LogP contribution >= 0.6 is 0 Å². The maximum Gasteiger partial charge on any atom is 0.163 e. The Morgan fingerprint density at radius 3 is 1.68 bits per heavy atom. The lowest BCUT2D eigenvalue weighted by Gasteiger charge is -2.37. The van der Waals surface area contributed by atoms with Crippen LogP contribution in [0.4, 0.5) is 0 Å². The Kier molecular flexibility index (Phi) is 9.93. The molecule has 0 saturated heterocycles. The van der Waals surface area contributed by atoms with Crippen molar-refractivity contribution < 1.29 is 14.3 Å². The van der Waals surface area contributed by atoms with Crippen LogP contribution in [0.5, 0.6) is 11.5 Å². The quantitative estimate of drug-likeness (QED) is 0.0902. The van der Waals surface area contributed by atoms with Crippen LogP contribution in [0.25, 0.3) is 0 Å². The van der Waals surface area contributed by atoms with Crippen molar-refractivity contribution in [3.05, 3.63) is 186 Å². The monoisotopic (exact) mass is 620 g/mol. The molecule has 47 heavy (non-hydrogen) atoms. The van der Waals surface area contributed by atoms with Crippen molar-refractivity contribution in [2.45, 2.75) is 31.2 Å². The molecule has 1 aromatic heterocycles. The van der Waals surface area contributed by atoms with E-state index in [0.29, 0.717) is 23.5 Å². The fourth-order valence-corrected chi connectivity index (χ4v) is 6.59. The van der Waals surface area contributed by atoms with E-state index in [4.69, 9.17) is 14.5 Å². The molecule has 0 radical (unpaired) electrons. The van der Waals surface area contributed by atoms with Crippen LogP contribution < -0.4 is 9.47 Å². The number of methoxy groups -OCH3 is 2. The number of imidazole rings is 1. The second-order valence-electron chi connectivity index (χ2n) is 11.9. The summed E-state index contributed by atoms with van der Waals surface area (Å²) in [6, 6.07) is 47.6. The minimum atomic E-state index is -0.611. The lowest BCUT2D eigenvalue weighted by Crippen LogP contribution is -2.36. The maximum atomic E-state index is 13.7. The first-order valence-corrected chi connectivity index (χ1v) is 16.1. The summed E-state index contributed by atoms with van der Waals surface area (Å²) in [7, 11) is 3.20. The van der Waals surface area contributed by atoms with Crippen LogP contribution in [0, 0.1) is 5.92 Å². The molecular formula is C42H40N2O3. The van der Waals surface area contributed by atoms with Gasteiger partial charge in [0.15, 0.2) is 5.78 Å². The molecule has 0 spiro atoms. The van der Waals surface area contributed by atoms with Crippen molar-refractivity contribution in [3.63, 3.8) is 0 Å². The molecule has 0 aliphatic carbocycles. The zero-order valence-corrected chi connectivity index (χ0v) is 27.0. The predicted octanol–water partition coefficient (Wildman–Crippen LogP) is 8.81. The summed E-state index contributed by atoms with van der Waals surface area (Å²) in [5, 5.41) is 0. The number of carbonyl (C=O) groups is 1. The number of benzene rings is 5. The van der Waals surface area contributed by atoms with Crippen molar-refractivity contribution >= 4 is 5.78 Å². The van der Waals surface area contributed by atoms with E-state index in [1.165, 1.54) is 5.56 Å². The highest BCUT2D eigenvalue weighted by Gasteiger charge is 2.38. The van der Waals surface area contributed by atoms with Gasteiger partial charge in [-0.25, -0.2) is 4.98 Å². The van der Waals surface area contributed by atoms with Gasteiger partial charge in [-0.2, -0.15) is 0 Å². The third-order valence-electron chi connectivity index (χ3n) is 8.92. The standard InChI is InChI=1S/C42H40N2O3/c1-46-39-27-34(28-40(29-39)47-2)41(45)26-33(25-32-15-7-3-8-16-32)23-24-38-30-44(31-43-38)42(35-17-9-4-10-18-35,36-19-11-5-12-20-36)37-21-13-6-14-22-37/h3-22,27-31,33H,23-26H2,1-2H3. The van der Waals surface area contributed by atoms with Crippen molar-refractivity contribution in [1.29, 1.82) is 0 Å². The number of nitrogens with zero attached hydrogens (tertiary/aromatic N) is 2. The van der Waals surface area contributed by atoms with E-state index >= 15 is 0 Å². The molecule has 1 atom stereocenters. The highest BCUT2D eigenvalue weighted by molar-refractivity contribution is 5.97. The van der Waals surface area contributed by atoms with Gasteiger partial charge in [0.05, 0.1) is 26.2 Å². The van der Waals surface area contributed by atoms with E-state index in [1.54, 1.807) is 32.4 Å². The Hall–Kier alpha value is -5.42. The van der Waals surface area contributed by atoms with E-state index < -0.39 is 5.54 Å². The van der Waals surface area contributed by atoms with Gasteiger partial charge in [0.2, 0.25) is 0 Å². The van der Waals surface area contributed by atoms with Crippen LogP contribution in [-0.2, 0) is 18.4 Å². The molecule has 0 aliphatic rings. The Morgan fingerprint density at radius 1 is 0.702 bits per heavy atom. The molecule has 5 nitrogen and oxygen atoms in total. The van der Waals surface area contributed by atoms with Crippen LogP contribution in [0.15, 0.2) is 152 Å². The summed E-state index contributed by atoms with van der Waals surface area (Å²) in [6.45, 7) is 0. The Bertz CT molecular complexity index is 1750. The summed E-state index contributed by atoms with van der Waals surface area (Å²) in [5.41, 5.74) is 5.66. The van der Waals surface area contributed by atoms with Crippen molar-refractivity contribution in [2.24, 2.45) is 5.92 Å². The van der Waals surface area contributed by atoms with E-state index in [9.17, 15) is 4.79 Å². The Labute approximate surface area is 277 Å². The highest BCUT2D eigenvalue weighted by Crippen LogP contribution is 2.41. The van der Waals surface area contributed by atoms with Gasteiger partial charge in [0, 0.05) is 24.2 Å². The van der Waals surface area contributed by atoms with Crippen LogP contribution in [0.2, 0.25) is 0 Å². The largest absolute Gasteiger partial charge is 0.497 e. The lowest BCUT2D eigenvalue weighted by molar-refractivity contribution is 0.0958. The number of ketones is 1. The summed E-state index contributed by atoms with van der Waals surface area (Å²) in [5.74, 6) is 1.41. The van der Waals surface area contributed by atoms with Gasteiger partial charge >= 0.3 is 0 Å². The highest BCUT2D eigenvalue weighted by atomic mass is 16.5. The molecule has 236 valence electrons. The molecule has 1 unspecified atom stereocenters. The minimum absolute atomic E-state index is 0.0740. The topological polar surface area (TPSA) is 53.4 Å². The summed E-state index contributed by atoms with van der Waals surface area (Å²) in [6.07, 6.45) is 6.91. The van der Waals surface area contributed by atoms with Crippen molar-refractivity contribution in [3.8, 4) is 11.5 Å². The van der Waals surface area contributed by atoms with E-state index in [-0.39, 0.29) is 11.7 Å². The summed E-state index contributed by atoms with van der Waals surface area (Å²) >= 11 is 0. The first-order chi connectivity index (χ1) is 23.1. The molecule has 6 aromatic rings. The van der Waals surface area contributed by atoms with Crippen molar-refractivity contribution in [1.82, 2.24) is 9.55 Å². The van der Waals surface area contributed by atoms with Gasteiger partial charge in [-0.05, 0) is 59.6 Å².